The zero-order chi connectivity index (χ0) is 40.1. The van der Waals surface area contributed by atoms with Crippen molar-refractivity contribution in [2.24, 2.45) is 11.3 Å². The standard InChI is InChI=1S/C47H47N3O9/c51-23-22-48-43(52)32-13-9-10-30(24-32)27-49-45(54)46-26-38-39-40(58-47(57-39,34-14-3-1-4-15-34)35-16-5-2-6-17-35)42(46)59-50(41(46)44(53)56-38)28-33-12-8-7-11-31(33)20-18-29-19-21-36-37(25-29)55-36/h1-18,20,24,29,36-42,51H,19,21-23,25-28H2,(H,48,52)(H,49,54). The number of nitrogens with zero attached hydrogens (tertiary/aromatic N) is 1. The Balaban J connectivity index is 0.998. The van der Waals surface area contributed by atoms with Gasteiger partial charge in [0.25, 0.3) is 5.91 Å². The Hall–Kier alpha value is -5.21. The molecule has 2 amide bonds. The Bertz CT molecular complexity index is 2210. The number of hydrogen-bond acceptors (Lipinski definition) is 10. The molecule has 9 unspecified atom stereocenters. The van der Waals surface area contributed by atoms with E-state index in [0.29, 0.717) is 29.3 Å². The van der Waals surface area contributed by atoms with Crippen LogP contribution in [0.25, 0.3) is 6.08 Å². The first-order chi connectivity index (χ1) is 28.9. The molecule has 0 aromatic heterocycles. The number of carbonyl (C=O) groups is 3. The van der Waals surface area contributed by atoms with Crippen LogP contribution in [-0.4, -0.2) is 83.8 Å². The predicted molar refractivity (Wildman–Crippen MR) is 214 cm³/mol. The molecule has 2 bridgehead atoms. The molecule has 2 saturated carbocycles. The van der Waals surface area contributed by atoms with Crippen LogP contribution in [-0.2, 0) is 52.3 Å². The summed E-state index contributed by atoms with van der Waals surface area (Å²) in [6.07, 6.45) is 5.26. The van der Waals surface area contributed by atoms with Crippen LogP contribution in [0.4, 0.5) is 0 Å². The van der Waals surface area contributed by atoms with Crippen LogP contribution in [0, 0.1) is 11.3 Å². The quantitative estimate of drug-likeness (QED) is 0.135. The maximum absolute atomic E-state index is 15.1. The maximum Gasteiger partial charge on any atom is 0.327 e. The summed E-state index contributed by atoms with van der Waals surface area (Å²) < 4.78 is 26.2. The first kappa shape index (κ1) is 38.0. The van der Waals surface area contributed by atoms with E-state index in [4.69, 9.17) is 23.8 Å². The molecule has 4 aromatic carbocycles. The Kier molecular flexibility index (Phi) is 9.94. The van der Waals surface area contributed by atoms with Crippen molar-refractivity contribution in [3.63, 3.8) is 0 Å². The summed E-state index contributed by atoms with van der Waals surface area (Å²) in [6.45, 7) is 0.245. The van der Waals surface area contributed by atoms with Crippen LogP contribution < -0.4 is 10.6 Å². The predicted octanol–water partition coefficient (Wildman–Crippen LogP) is 4.79. The molecular formula is C47H47N3O9. The van der Waals surface area contributed by atoms with Gasteiger partial charge in [0.05, 0.1) is 25.4 Å². The molecule has 4 saturated heterocycles. The number of ether oxygens (including phenoxy) is 4. The van der Waals surface area contributed by atoms with E-state index < -0.39 is 47.6 Å². The van der Waals surface area contributed by atoms with Gasteiger partial charge in [0, 0.05) is 36.2 Å². The number of rotatable bonds is 12. The molecule has 59 heavy (non-hydrogen) atoms. The van der Waals surface area contributed by atoms with Gasteiger partial charge in [-0.05, 0) is 54.0 Å². The summed E-state index contributed by atoms with van der Waals surface area (Å²) in [5, 5.41) is 16.6. The van der Waals surface area contributed by atoms with Gasteiger partial charge in [-0.1, -0.05) is 109 Å². The van der Waals surface area contributed by atoms with E-state index >= 15 is 4.79 Å². The number of amides is 2. The molecule has 12 heteroatoms. The van der Waals surface area contributed by atoms with Crippen LogP contribution in [0.3, 0.4) is 0 Å². The van der Waals surface area contributed by atoms with E-state index in [0.717, 1.165) is 41.5 Å². The van der Waals surface area contributed by atoms with Crippen LogP contribution in [0.15, 0.2) is 115 Å². The Labute approximate surface area is 342 Å². The third kappa shape index (κ3) is 6.77. The highest BCUT2D eigenvalue weighted by Crippen LogP contribution is 2.59. The lowest BCUT2D eigenvalue weighted by molar-refractivity contribution is -0.213. The summed E-state index contributed by atoms with van der Waals surface area (Å²) in [7, 11) is 0. The van der Waals surface area contributed by atoms with E-state index in [9.17, 15) is 14.7 Å². The number of hydrogen-bond donors (Lipinski definition) is 3. The van der Waals surface area contributed by atoms with Crippen LogP contribution in [0.2, 0.25) is 0 Å². The average molecular weight is 798 g/mol. The van der Waals surface area contributed by atoms with Crippen molar-refractivity contribution in [1.82, 2.24) is 15.7 Å². The third-order valence-electron chi connectivity index (χ3n) is 12.9. The maximum atomic E-state index is 15.1. The van der Waals surface area contributed by atoms with Crippen molar-refractivity contribution in [2.75, 3.05) is 13.2 Å². The molecule has 4 aliphatic heterocycles. The largest absolute Gasteiger partial charge is 0.458 e. The van der Waals surface area contributed by atoms with E-state index in [2.05, 4.69) is 28.9 Å². The third-order valence-corrected chi connectivity index (χ3v) is 12.9. The van der Waals surface area contributed by atoms with Crippen LogP contribution in [0.5, 0.6) is 0 Å². The fourth-order valence-electron chi connectivity index (χ4n) is 9.99. The van der Waals surface area contributed by atoms with Gasteiger partial charge in [-0.2, -0.15) is 5.06 Å². The highest BCUT2D eigenvalue weighted by molar-refractivity contribution is 5.95. The molecular weight excluding hydrogens is 751 g/mol. The van der Waals surface area contributed by atoms with E-state index in [1.54, 1.807) is 23.3 Å². The number of allylic oxidation sites excluding steroid dienone is 1. The summed E-state index contributed by atoms with van der Waals surface area (Å²) >= 11 is 0. The Morgan fingerprint density at radius 2 is 1.58 bits per heavy atom. The molecule has 6 aliphatic rings. The first-order valence-corrected chi connectivity index (χ1v) is 20.6. The number of carbonyl (C=O) groups excluding carboxylic acids is 3. The van der Waals surface area contributed by atoms with Gasteiger partial charge in [-0.3, -0.25) is 19.2 Å². The average Bonchev–Trinajstić information content (AvgIpc) is 3.79. The zero-order valence-corrected chi connectivity index (χ0v) is 32.5. The lowest BCUT2D eigenvalue weighted by atomic mass is 9.62. The minimum Gasteiger partial charge on any atom is -0.458 e. The van der Waals surface area contributed by atoms with Gasteiger partial charge in [0.2, 0.25) is 11.7 Å². The molecule has 2 aliphatic carbocycles. The van der Waals surface area contributed by atoms with Crippen LogP contribution in [0.1, 0.15) is 63.9 Å². The van der Waals surface area contributed by atoms with Crippen molar-refractivity contribution in [1.29, 1.82) is 0 Å². The second-order valence-electron chi connectivity index (χ2n) is 16.4. The van der Waals surface area contributed by atoms with E-state index in [1.807, 2.05) is 84.9 Å². The zero-order valence-electron chi connectivity index (χ0n) is 32.5. The Morgan fingerprint density at radius 1 is 0.831 bits per heavy atom. The minimum absolute atomic E-state index is 0.0890. The molecule has 0 spiro atoms. The number of aliphatic hydroxyl groups is 1. The van der Waals surface area contributed by atoms with Crippen molar-refractivity contribution in [2.45, 2.75) is 87.2 Å². The molecule has 3 N–H and O–H groups in total. The molecule has 12 nitrogen and oxygen atoms in total. The SMILES string of the molecule is O=C(NCCO)c1cccc(CNC(=O)C23CC4OC(=O)C2N(Cc2ccccc2C=CC2CCC5OC5C2)OC3C2OC(c3ccccc3)(c3ccccc3)OC42)c1. The summed E-state index contributed by atoms with van der Waals surface area (Å²) in [5.41, 5.74) is 3.12. The van der Waals surface area contributed by atoms with Gasteiger partial charge in [0.15, 0.2) is 6.04 Å². The van der Waals surface area contributed by atoms with Gasteiger partial charge in [-0.15, -0.1) is 0 Å². The topological polar surface area (TPSA) is 148 Å². The summed E-state index contributed by atoms with van der Waals surface area (Å²) in [4.78, 5) is 49.2. The molecule has 0 radical (unpaired) electrons. The van der Waals surface area contributed by atoms with Crippen molar-refractivity contribution >= 4 is 23.9 Å². The molecule has 10 rings (SSSR count). The van der Waals surface area contributed by atoms with Gasteiger partial charge in [0.1, 0.15) is 29.8 Å². The number of fused-ring (bicyclic) bond motifs is 5. The molecule has 4 heterocycles. The molecule has 4 aromatic rings. The number of epoxide rings is 1. The van der Waals surface area contributed by atoms with Gasteiger partial charge in [-0.25, -0.2) is 0 Å². The van der Waals surface area contributed by atoms with Crippen molar-refractivity contribution in [3.05, 3.63) is 149 Å². The minimum atomic E-state index is -1.42. The smallest absolute Gasteiger partial charge is 0.327 e. The molecule has 304 valence electrons. The van der Waals surface area contributed by atoms with Crippen molar-refractivity contribution < 1.29 is 43.3 Å². The molecule has 6 fully saturated rings. The second-order valence-corrected chi connectivity index (χ2v) is 16.4. The highest BCUT2D eigenvalue weighted by Gasteiger charge is 2.76. The number of aliphatic hydroxyl groups excluding tert-OH is 1. The fraction of sp³-hybridized carbons (Fsp3) is 0.383. The van der Waals surface area contributed by atoms with E-state index in [1.165, 1.54) is 0 Å². The number of benzene rings is 4. The van der Waals surface area contributed by atoms with Gasteiger partial charge < -0.3 is 34.7 Å². The fourth-order valence-corrected chi connectivity index (χ4v) is 9.99. The van der Waals surface area contributed by atoms with Crippen LogP contribution >= 0.6 is 0 Å². The monoisotopic (exact) mass is 797 g/mol. The second kappa shape index (κ2) is 15.4. The lowest BCUT2D eigenvalue weighted by Crippen LogP contribution is -2.69. The van der Waals surface area contributed by atoms with Gasteiger partial charge >= 0.3 is 5.97 Å². The molecule has 9 atom stereocenters. The first-order valence-electron chi connectivity index (χ1n) is 20.6. The normalized spacial score (nSPS) is 31.2. The Morgan fingerprint density at radius 3 is 2.34 bits per heavy atom. The summed E-state index contributed by atoms with van der Waals surface area (Å²) in [6, 6.07) is 33.2. The summed E-state index contributed by atoms with van der Waals surface area (Å²) in [5.74, 6) is -2.21. The number of hydroxylamine groups is 2. The van der Waals surface area contributed by atoms with Crippen molar-refractivity contribution in [3.8, 4) is 0 Å². The number of nitrogens with one attached hydrogen (secondary N) is 2. The highest BCUT2D eigenvalue weighted by atomic mass is 16.8. The number of esters is 1. The lowest BCUT2D eigenvalue weighted by Gasteiger charge is -2.48. The van der Waals surface area contributed by atoms with E-state index in [-0.39, 0.29) is 44.5 Å².